The van der Waals surface area contributed by atoms with Crippen LogP contribution in [0, 0.1) is 13.8 Å². The quantitative estimate of drug-likeness (QED) is 0.770. The van der Waals surface area contributed by atoms with E-state index in [2.05, 4.69) is 5.32 Å². The number of carbonyl (C=O) groups is 2. The zero-order valence-corrected chi connectivity index (χ0v) is 15.0. The molecule has 0 radical (unpaired) electrons. The number of rotatable bonds is 5. The molecule has 5 nitrogen and oxygen atoms in total. The van der Waals surface area contributed by atoms with Gasteiger partial charge in [0.1, 0.15) is 0 Å². The third-order valence-electron chi connectivity index (χ3n) is 3.80. The number of halogens is 3. The molecule has 2 rings (SSSR count). The van der Waals surface area contributed by atoms with Crippen molar-refractivity contribution in [1.29, 1.82) is 0 Å². The summed E-state index contributed by atoms with van der Waals surface area (Å²) < 4.78 is 38.1. The van der Waals surface area contributed by atoms with Crippen LogP contribution in [0.25, 0.3) is 0 Å². The van der Waals surface area contributed by atoms with Crippen molar-refractivity contribution in [2.24, 2.45) is 0 Å². The number of hydroxylamine groups is 1. The highest BCUT2D eigenvalue weighted by molar-refractivity contribution is 5.96. The van der Waals surface area contributed by atoms with Crippen molar-refractivity contribution in [1.82, 2.24) is 5.48 Å². The van der Waals surface area contributed by atoms with Crippen LogP contribution in [0.4, 0.5) is 18.9 Å². The average Bonchev–Trinajstić information content (AvgIpc) is 2.61. The number of hydrogen-bond acceptors (Lipinski definition) is 3. The minimum atomic E-state index is -4.56. The SMILES string of the molecule is Cc1ccc(C)c(NC(=O)C(C)ONC(=O)c2cccc(C(F)(F)F)c2)c1. The molecule has 0 spiro atoms. The molecule has 0 aliphatic rings. The van der Waals surface area contributed by atoms with E-state index < -0.39 is 29.7 Å². The maximum atomic E-state index is 12.7. The summed E-state index contributed by atoms with van der Waals surface area (Å²) in [5, 5.41) is 2.68. The Morgan fingerprint density at radius 3 is 2.44 bits per heavy atom. The summed E-state index contributed by atoms with van der Waals surface area (Å²) in [6.45, 7) is 5.12. The summed E-state index contributed by atoms with van der Waals surface area (Å²) in [7, 11) is 0. The van der Waals surface area contributed by atoms with E-state index in [1.165, 1.54) is 13.0 Å². The second kappa shape index (κ2) is 8.22. The lowest BCUT2D eigenvalue weighted by molar-refractivity contribution is -0.137. The van der Waals surface area contributed by atoms with Gasteiger partial charge in [0, 0.05) is 11.3 Å². The highest BCUT2D eigenvalue weighted by atomic mass is 19.4. The summed E-state index contributed by atoms with van der Waals surface area (Å²) in [5.74, 6) is -1.39. The zero-order valence-electron chi connectivity index (χ0n) is 15.0. The molecular formula is C19H19F3N2O3. The number of aryl methyl sites for hydroxylation is 2. The van der Waals surface area contributed by atoms with Gasteiger partial charge < -0.3 is 5.32 Å². The molecule has 0 bridgehead atoms. The van der Waals surface area contributed by atoms with Gasteiger partial charge in [0.15, 0.2) is 6.10 Å². The summed E-state index contributed by atoms with van der Waals surface area (Å²) in [6.07, 6.45) is -5.62. The second-order valence-electron chi connectivity index (χ2n) is 6.08. The molecule has 1 atom stereocenters. The van der Waals surface area contributed by atoms with Crippen molar-refractivity contribution in [2.75, 3.05) is 5.32 Å². The molecule has 0 saturated heterocycles. The van der Waals surface area contributed by atoms with Gasteiger partial charge in [-0.25, -0.2) is 5.48 Å². The number of benzene rings is 2. The molecule has 27 heavy (non-hydrogen) atoms. The van der Waals surface area contributed by atoms with Crippen molar-refractivity contribution < 1.29 is 27.6 Å². The molecule has 0 saturated carbocycles. The Kier molecular flexibility index (Phi) is 6.22. The molecule has 2 amide bonds. The van der Waals surface area contributed by atoms with Crippen molar-refractivity contribution in [2.45, 2.75) is 33.1 Å². The highest BCUT2D eigenvalue weighted by Crippen LogP contribution is 2.29. The van der Waals surface area contributed by atoms with Crippen LogP contribution >= 0.6 is 0 Å². The zero-order chi connectivity index (χ0) is 20.2. The van der Waals surface area contributed by atoms with Crippen LogP contribution in [-0.2, 0) is 15.8 Å². The van der Waals surface area contributed by atoms with Gasteiger partial charge in [-0.05, 0) is 56.2 Å². The first kappa shape index (κ1) is 20.4. The third-order valence-corrected chi connectivity index (χ3v) is 3.80. The van der Waals surface area contributed by atoms with E-state index in [4.69, 9.17) is 4.84 Å². The Morgan fingerprint density at radius 2 is 1.78 bits per heavy atom. The van der Waals surface area contributed by atoms with Gasteiger partial charge in [-0.15, -0.1) is 0 Å². The van der Waals surface area contributed by atoms with E-state index in [0.29, 0.717) is 11.8 Å². The average molecular weight is 380 g/mol. The lowest BCUT2D eigenvalue weighted by Gasteiger charge is -2.15. The Morgan fingerprint density at radius 1 is 1.07 bits per heavy atom. The first-order chi connectivity index (χ1) is 12.6. The molecule has 0 heterocycles. The minimum absolute atomic E-state index is 0.230. The standard InChI is InChI=1S/C19H19F3N2O3/c1-11-7-8-12(2)16(9-11)23-17(25)13(3)27-24-18(26)14-5-4-6-15(10-14)19(20,21)22/h4-10,13H,1-3H3,(H,23,25)(H,24,26). The van der Waals surface area contributed by atoms with Gasteiger partial charge in [-0.3, -0.25) is 14.4 Å². The van der Waals surface area contributed by atoms with Crippen LogP contribution < -0.4 is 10.8 Å². The number of carbonyl (C=O) groups excluding carboxylic acids is 2. The number of nitrogens with one attached hydrogen (secondary N) is 2. The first-order valence-corrected chi connectivity index (χ1v) is 8.09. The van der Waals surface area contributed by atoms with E-state index in [1.807, 2.05) is 31.5 Å². The predicted molar refractivity (Wildman–Crippen MR) is 94.0 cm³/mol. The molecule has 0 aliphatic heterocycles. The topological polar surface area (TPSA) is 67.4 Å². The molecule has 2 N–H and O–H groups in total. The smallest absolute Gasteiger partial charge is 0.323 e. The summed E-state index contributed by atoms with van der Waals surface area (Å²) >= 11 is 0. The van der Waals surface area contributed by atoms with E-state index in [0.717, 1.165) is 23.3 Å². The molecule has 0 aromatic heterocycles. The summed E-state index contributed by atoms with van der Waals surface area (Å²) in [6, 6.07) is 9.45. The van der Waals surface area contributed by atoms with Gasteiger partial charge in [0.05, 0.1) is 5.56 Å². The van der Waals surface area contributed by atoms with Crippen LogP contribution in [0.1, 0.15) is 34.0 Å². The molecular weight excluding hydrogens is 361 g/mol. The Hall–Kier alpha value is -2.87. The lowest BCUT2D eigenvalue weighted by atomic mass is 10.1. The largest absolute Gasteiger partial charge is 0.416 e. The van der Waals surface area contributed by atoms with E-state index >= 15 is 0 Å². The van der Waals surface area contributed by atoms with E-state index in [9.17, 15) is 22.8 Å². The highest BCUT2D eigenvalue weighted by Gasteiger charge is 2.31. The second-order valence-corrected chi connectivity index (χ2v) is 6.08. The maximum absolute atomic E-state index is 12.7. The molecule has 144 valence electrons. The van der Waals surface area contributed by atoms with Gasteiger partial charge in [0.25, 0.3) is 11.8 Å². The number of anilines is 1. The van der Waals surface area contributed by atoms with E-state index in [1.54, 1.807) is 6.07 Å². The fraction of sp³-hybridized carbons (Fsp3) is 0.263. The van der Waals surface area contributed by atoms with Crippen molar-refractivity contribution in [3.8, 4) is 0 Å². The predicted octanol–water partition coefficient (Wildman–Crippen LogP) is 4.01. The third kappa shape index (κ3) is 5.55. The van der Waals surface area contributed by atoms with Crippen molar-refractivity contribution >= 4 is 17.5 Å². The lowest BCUT2D eigenvalue weighted by Crippen LogP contribution is -2.35. The normalized spacial score (nSPS) is 12.4. The number of amides is 2. The fourth-order valence-electron chi connectivity index (χ4n) is 2.20. The van der Waals surface area contributed by atoms with E-state index in [-0.39, 0.29) is 5.56 Å². The minimum Gasteiger partial charge on any atom is -0.323 e. The Labute approximate surface area is 154 Å². The Bertz CT molecular complexity index is 850. The molecule has 1 unspecified atom stereocenters. The molecule has 0 aliphatic carbocycles. The van der Waals surface area contributed by atoms with Crippen LogP contribution in [-0.4, -0.2) is 17.9 Å². The maximum Gasteiger partial charge on any atom is 0.416 e. The van der Waals surface area contributed by atoms with Gasteiger partial charge in [-0.2, -0.15) is 13.2 Å². The van der Waals surface area contributed by atoms with Crippen molar-refractivity contribution in [3.05, 3.63) is 64.7 Å². The number of hydrogen-bond donors (Lipinski definition) is 2. The Balaban J connectivity index is 1.96. The van der Waals surface area contributed by atoms with Gasteiger partial charge >= 0.3 is 6.18 Å². The number of alkyl halides is 3. The summed E-state index contributed by atoms with van der Waals surface area (Å²) in [5.41, 5.74) is 3.25. The van der Waals surface area contributed by atoms with Crippen LogP contribution in [0.2, 0.25) is 0 Å². The first-order valence-electron chi connectivity index (χ1n) is 8.09. The van der Waals surface area contributed by atoms with Gasteiger partial charge in [0.2, 0.25) is 0 Å². The molecule has 2 aromatic carbocycles. The van der Waals surface area contributed by atoms with Crippen LogP contribution in [0.15, 0.2) is 42.5 Å². The van der Waals surface area contributed by atoms with Crippen LogP contribution in [0.3, 0.4) is 0 Å². The van der Waals surface area contributed by atoms with Crippen molar-refractivity contribution in [3.63, 3.8) is 0 Å². The van der Waals surface area contributed by atoms with Crippen LogP contribution in [0.5, 0.6) is 0 Å². The monoisotopic (exact) mass is 380 g/mol. The molecule has 2 aromatic rings. The molecule has 8 heteroatoms. The molecule has 0 fully saturated rings. The summed E-state index contributed by atoms with van der Waals surface area (Å²) in [4.78, 5) is 29.1. The van der Waals surface area contributed by atoms with Gasteiger partial charge in [-0.1, -0.05) is 18.2 Å². The fourth-order valence-corrected chi connectivity index (χ4v) is 2.20.